The normalized spacial score (nSPS) is 11.0. The summed E-state index contributed by atoms with van der Waals surface area (Å²) in [5.74, 6) is 0. The number of alkyl halides is 1. The zero-order valence-corrected chi connectivity index (χ0v) is 8.81. The highest BCUT2D eigenvalue weighted by Crippen LogP contribution is 2.30. The standard InChI is InChI=1S/C8H5BrClFN2/c9-6-1-2-7-5(8(6)10)3-13(4-11)12-7/h1-3H,4H2. The van der Waals surface area contributed by atoms with E-state index in [0.717, 1.165) is 9.86 Å². The van der Waals surface area contributed by atoms with Crippen LogP contribution in [0.4, 0.5) is 4.39 Å². The van der Waals surface area contributed by atoms with Crippen LogP contribution in [0, 0.1) is 0 Å². The first-order valence-electron chi connectivity index (χ1n) is 3.59. The molecular formula is C8H5BrClFN2. The molecule has 68 valence electrons. The van der Waals surface area contributed by atoms with E-state index in [9.17, 15) is 4.39 Å². The lowest BCUT2D eigenvalue weighted by Gasteiger charge is -1.94. The van der Waals surface area contributed by atoms with Gasteiger partial charge in [0, 0.05) is 16.1 Å². The monoisotopic (exact) mass is 262 g/mol. The zero-order valence-electron chi connectivity index (χ0n) is 6.47. The lowest BCUT2D eigenvalue weighted by atomic mass is 10.3. The first kappa shape index (κ1) is 8.97. The Labute approximate surface area is 87.4 Å². The fraction of sp³-hybridized carbons (Fsp3) is 0.125. The van der Waals surface area contributed by atoms with Crippen molar-refractivity contribution >= 4 is 38.4 Å². The Hall–Kier alpha value is -0.610. The molecule has 0 aliphatic heterocycles. The minimum Gasteiger partial charge on any atom is -0.241 e. The van der Waals surface area contributed by atoms with Crippen LogP contribution in [0.25, 0.3) is 10.9 Å². The minimum absolute atomic E-state index is 0.567. The second kappa shape index (κ2) is 3.27. The number of aromatic nitrogens is 2. The fourth-order valence-corrected chi connectivity index (χ4v) is 1.70. The molecular weight excluding hydrogens is 258 g/mol. The van der Waals surface area contributed by atoms with E-state index in [4.69, 9.17) is 11.6 Å². The van der Waals surface area contributed by atoms with Crippen LogP contribution in [0.1, 0.15) is 0 Å². The van der Waals surface area contributed by atoms with Crippen molar-refractivity contribution in [2.45, 2.75) is 6.80 Å². The Morgan fingerprint density at radius 3 is 3.00 bits per heavy atom. The van der Waals surface area contributed by atoms with E-state index in [2.05, 4.69) is 21.0 Å². The first-order valence-corrected chi connectivity index (χ1v) is 4.76. The molecule has 0 aliphatic carbocycles. The van der Waals surface area contributed by atoms with Gasteiger partial charge in [-0.25, -0.2) is 9.07 Å². The SMILES string of the molecule is FCn1cc2c(Cl)c(Br)ccc2n1. The van der Waals surface area contributed by atoms with Gasteiger partial charge in [0.1, 0.15) is 0 Å². The van der Waals surface area contributed by atoms with E-state index in [1.807, 2.05) is 0 Å². The molecule has 0 amide bonds. The Balaban J connectivity index is 2.76. The highest BCUT2D eigenvalue weighted by molar-refractivity contribution is 9.10. The third-order valence-corrected chi connectivity index (χ3v) is 3.04. The van der Waals surface area contributed by atoms with Crippen LogP contribution in [0.3, 0.4) is 0 Å². The van der Waals surface area contributed by atoms with Crippen molar-refractivity contribution in [1.29, 1.82) is 0 Å². The maximum atomic E-state index is 12.2. The van der Waals surface area contributed by atoms with E-state index in [0.29, 0.717) is 10.5 Å². The Morgan fingerprint density at radius 2 is 2.31 bits per heavy atom. The highest BCUT2D eigenvalue weighted by Gasteiger charge is 2.06. The second-order valence-electron chi connectivity index (χ2n) is 2.58. The van der Waals surface area contributed by atoms with Crippen molar-refractivity contribution < 1.29 is 4.39 Å². The van der Waals surface area contributed by atoms with Crippen LogP contribution in [0.15, 0.2) is 22.8 Å². The number of halogens is 3. The van der Waals surface area contributed by atoms with Gasteiger partial charge in [-0.1, -0.05) is 11.6 Å². The molecule has 2 nitrogen and oxygen atoms in total. The van der Waals surface area contributed by atoms with Crippen LogP contribution in [-0.4, -0.2) is 9.78 Å². The number of hydrogen-bond acceptors (Lipinski definition) is 1. The van der Waals surface area contributed by atoms with Crippen LogP contribution in [0.2, 0.25) is 5.02 Å². The summed E-state index contributed by atoms with van der Waals surface area (Å²) in [6, 6.07) is 3.58. The van der Waals surface area contributed by atoms with E-state index in [-0.39, 0.29) is 0 Å². The molecule has 2 rings (SSSR count). The molecule has 0 saturated heterocycles. The van der Waals surface area contributed by atoms with Gasteiger partial charge in [0.05, 0.1) is 10.5 Å². The Bertz CT molecular complexity index is 455. The molecule has 0 spiro atoms. The van der Waals surface area contributed by atoms with Crippen molar-refractivity contribution in [3.8, 4) is 0 Å². The van der Waals surface area contributed by atoms with Crippen LogP contribution < -0.4 is 0 Å². The van der Waals surface area contributed by atoms with Gasteiger partial charge >= 0.3 is 0 Å². The molecule has 0 bridgehead atoms. The average Bonchev–Trinajstić information content (AvgIpc) is 2.55. The van der Waals surface area contributed by atoms with Crippen molar-refractivity contribution in [2.75, 3.05) is 0 Å². The predicted octanol–water partition coefficient (Wildman–Crippen LogP) is 3.38. The maximum Gasteiger partial charge on any atom is 0.181 e. The third-order valence-electron chi connectivity index (χ3n) is 1.75. The summed E-state index contributed by atoms with van der Waals surface area (Å²) in [7, 11) is 0. The van der Waals surface area contributed by atoms with E-state index >= 15 is 0 Å². The molecule has 1 aromatic carbocycles. The number of hydrogen-bond donors (Lipinski definition) is 0. The maximum absolute atomic E-state index is 12.2. The number of benzene rings is 1. The topological polar surface area (TPSA) is 17.8 Å². The molecule has 0 aliphatic rings. The molecule has 0 fully saturated rings. The van der Waals surface area contributed by atoms with Crippen LogP contribution >= 0.6 is 27.5 Å². The summed E-state index contributed by atoms with van der Waals surface area (Å²) in [5, 5.41) is 5.29. The average molecular weight is 263 g/mol. The summed E-state index contributed by atoms with van der Waals surface area (Å²) in [5.41, 5.74) is 0.700. The van der Waals surface area contributed by atoms with Gasteiger partial charge < -0.3 is 0 Å². The van der Waals surface area contributed by atoms with Gasteiger partial charge in [0.25, 0.3) is 0 Å². The smallest absolute Gasteiger partial charge is 0.181 e. The van der Waals surface area contributed by atoms with Gasteiger partial charge in [0.15, 0.2) is 6.80 Å². The first-order chi connectivity index (χ1) is 6.22. The molecule has 0 saturated carbocycles. The molecule has 0 radical (unpaired) electrons. The summed E-state index contributed by atoms with van der Waals surface area (Å²) in [6.45, 7) is -0.636. The van der Waals surface area contributed by atoms with Gasteiger partial charge in [0.2, 0.25) is 0 Å². The van der Waals surface area contributed by atoms with E-state index in [1.165, 1.54) is 4.68 Å². The molecule has 0 N–H and O–H groups in total. The number of fused-ring (bicyclic) bond motifs is 1. The van der Waals surface area contributed by atoms with E-state index in [1.54, 1.807) is 18.3 Å². The van der Waals surface area contributed by atoms with Gasteiger partial charge in [-0.05, 0) is 28.1 Å². The Morgan fingerprint density at radius 1 is 1.54 bits per heavy atom. The van der Waals surface area contributed by atoms with Gasteiger partial charge in [-0.3, -0.25) is 0 Å². The zero-order chi connectivity index (χ0) is 9.42. The largest absolute Gasteiger partial charge is 0.241 e. The summed E-state index contributed by atoms with van der Waals surface area (Å²) < 4.78 is 14.2. The van der Waals surface area contributed by atoms with E-state index < -0.39 is 6.80 Å². The van der Waals surface area contributed by atoms with Crippen molar-refractivity contribution in [3.63, 3.8) is 0 Å². The van der Waals surface area contributed by atoms with Crippen molar-refractivity contribution in [1.82, 2.24) is 9.78 Å². The quantitative estimate of drug-likeness (QED) is 0.771. The third kappa shape index (κ3) is 1.44. The Kier molecular flexibility index (Phi) is 2.26. The molecule has 5 heteroatoms. The number of nitrogens with zero attached hydrogens (tertiary/aromatic N) is 2. The molecule has 0 atom stereocenters. The second-order valence-corrected chi connectivity index (χ2v) is 3.81. The summed E-state index contributed by atoms with van der Waals surface area (Å²) >= 11 is 9.26. The summed E-state index contributed by atoms with van der Waals surface area (Å²) in [6.07, 6.45) is 1.59. The van der Waals surface area contributed by atoms with Crippen LogP contribution in [0.5, 0.6) is 0 Å². The molecule has 2 aromatic rings. The summed E-state index contributed by atoms with van der Waals surface area (Å²) in [4.78, 5) is 0. The lowest BCUT2D eigenvalue weighted by molar-refractivity contribution is 0.351. The minimum atomic E-state index is -0.636. The van der Waals surface area contributed by atoms with Crippen molar-refractivity contribution in [2.24, 2.45) is 0 Å². The highest BCUT2D eigenvalue weighted by atomic mass is 79.9. The van der Waals surface area contributed by atoms with Crippen LogP contribution in [-0.2, 0) is 6.80 Å². The van der Waals surface area contributed by atoms with Gasteiger partial charge in [-0.15, -0.1) is 0 Å². The van der Waals surface area contributed by atoms with Gasteiger partial charge in [-0.2, -0.15) is 5.10 Å². The van der Waals surface area contributed by atoms with Crippen molar-refractivity contribution in [3.05, 3.63) is 27.8 Å². The lowest BCUT2D eigenvalue weighted by Crippen LogP contribution is -1.90. The fourth-order valence-electron chi connectivity index (χ4n) is 1.14. The molecule has 1 heterocycles. The number of rotatable bonds is 1. The molecule has 13 heavy (non-hydrogen) atoms. The molecule has 0 unspecified atom stereocenters. The predicted molar refractivity (Wildman–Crippen MR) is 53.6 cm³/mol. The molecule has 1 aromatic heterocycles.